The molecule has 0 radical (unpaired) electrons. The van der Waals surface area contributed by atoms with E-state index in [1.807, 2.05) is 12.1 Å². The largest absolute Gasteiger partial charge is 0.407 e. The highest BCUT2D eigenvalue weighted by Crippen LogP contribution is 2.38. The summed E-state index contributed by atoms with van der Waals surface area (Å²) in [5.41, 5.74) is 1.65. The van der Waals surface area contributed by atoms with Gasteiger partial charge in [0.1, 0.15) is 5.69 Å². The van der Waals surface area contributed by atoms with Gasteiger partial charge in [0, 0.05) is 44.4 Å². The van der Waals surface area contributed by atoms with Gasteiger partial charge in [0.05, 0.1) is 4.92 Å². The molecule has 1 aliphatic heterocycles. The molecule has 1 N–H and O–H groups in total. The Hall–Kier alpha value is -3.16. The molecule has 0 aromatic heterocycles. The lowest BCUT2D eigenvalue weighted by Crippen LogP contribution is -2.67. The van der Waals surface area contributed by atoms with Crippen molar-refractivity contribution in [2.24, 2.45) is 5.92 Å². The predicted molar refractivity (Wildman–Crippen MR) is 147 cm³/mol. The van der Waals surface area contributed by atoms with Crippen molar-refractivity contribution in [2.45, 2.75) is 32.2 Å². The molecule has 4 rings (SSSR count). The summed E-state index contributed by atoms with van der Waals surface area (Å²) >= 11 is 0. The van der Waals surface area contributed by atoms with Gasteiger partial charge in [-0.05, 0) is 34.0 Å². The Labute approximate surface area is 209 Å². The minimum atomic E-state index is -2.56. The zero-order valence-corrected chi connectivity index (χ0v) is 22.0. The van der Waals surface area contributed by atoms with Crippen molar-refractivity contribution in [1.82, 2.24) is 0 Å². The maximum atomic E-state index is 11.3. The highest BCUT2D eigenvalue weighted by molar-refractivity contribution is 6.99. The van der Waals surface area contributed by atoms with Gasteiger partial charge in [0.2, 0.25) is 0 Å². The van der Waals surface area contributed by atoms with E-state index in [0.29, 0.717) is 18.2 Å². The average Bonchev–Trinajstić information content (AvgIpc) is 3.33. The fourth-order valence-corrected chi connectivity index (χ4v) is 9.93. The minimum absolute atomic E-state index is 0.0476. The van der Waals surface area contributed by atoms with Gasteiger partial charge in [-0.3, -0.25) is 10.1 Å². The van der Waals surface area contributed by atoms with Crippen LogP contribution in [0, 0.1) is 16.0 Å². The lowest BCUT2D eigenvalue weighted by molar-refractivity contribution is -0.383. The van der Waals surface area contributed by atoms with E-state index < -0.39 is 8.32 Å². The van der Waals surface area contributed by atoms with E-state index >= 15 is 0 Å². The van der Waals surface area contributed by atoms with E-state index in [1.54, 1.807) is 13.1 Å². The standard InChI is InChI=1S/C28H35N3O3Si/c1-28(2,3)35(24-11-7-5-8-12-24,25-13-9-6-10-14-25)34-21-22-17-18-30(20-22)23-15-16-27(31(32)33)26(19-23)29-4/h5-16,19,22,29H,17-18,20-21H2,1-4H3. The number of rotatable bonds is 8. The highest BCUT2D eigenvalue weighted by Gasteiger charge is 2.50. The quantitative estimate of drug-likeness (QED) is 0.273. The molecule has 0 aliphatic carbocycles. The molecule has 0 amide bonds. The number of nitrogens with one attached hydrogen (secondary N) is 1. The van der Waals surface area contributed by atoms with Crippen LogP contribution in [-0.2, 0) is 4.43 Å². The molecule has 1 saturated heterocycles. The Balaban J connectivity index is 1.58. The summed E-state index contributed by atoms with van der Waals surface area (Å²) in [4.78, 5) is 13.3. The summed E-state index contributed by atoms with van der Waals surface area (Å²) in [6.07, 6.45) is 1.03. The van der Waals surface area contributed by atoms with Crippen molar-refractivity contribution in [3.05, 3.63) is 89.0 Å². The molecule has 1 heterocycles. The zero-order chi connectivity index (χ0) is 25.1. The molecule has 35 heavy (non-hydrogen) atoms. The second-order valence-electron chi connectivity index (χ2n) is 10.3. The number of hydrogen-bond acceptors (Lipinski definition) is 5. The first-order valence-corrected chi connectivity index (χ1v) is 14.1. The Kier molecular flexibility index (Phi) is 7.28. The Bertz CT molecular complexity index is 1110. The molecule has 3 aromatic rings. The second kappa shape index (κ2) is 10.2. The van der Waals surface area contributed by atoms with Gasteiger partial charge in [0.25, 0.3) is 14.0 Å². The third-order valence-corrected chi connectivity index (χ3v) is 12.1. The smallest absolute Gasteiger partial charge is 0.292 e. The topological polar surface area (TPSA) is 67.6 Å². The van der Waals surface area contributed by atoms with Crippen LogP contribution in [0.15, 0.2) is 78.9 Å². The normalized spacial score (nSPS) is 16.3. The van der Waals surface area contributed by atoms with Gasteiger partial charge >= 0.3 is 0 Å². The second-order valence-corrected chi connectivity index (χ2v) is 14.6. The molecular formula is C28H35N3O3Si. The van der Waals surface area contributed by atoms with Crippen molar-refractivity contribution in [1.29, 1.82) is 0 Å². The summed E-state index contributed by atoms with van der Waals surface area (Å²) < 4.78 is 7.14. The lowest BCUT2D eigenvalue weighted by atomic mass is 10.1. The van der Waals surface area contributed by atoms with E-state index in [-0.39, 0.29) is 15.6 Å². The number of nitrogens with zero attached hydrogens (tertiary/aromatic N) is 2. The van der Waals surface area contributed by atoms with Crippen LogP contribution in [0.4, 0.5) is 17.1 Å². The average molecular weight is 490 g/mol. The van der Waals surface area contributed by atoms with E-state index in [9.17, 15) is 10.1 Å². The summed E-state index contributed by atoms with van der Waals surface area (Å²) in [5.74, 6) is 0.393. The molecule has 0 spiro atoms. The first-order chi connectivity index (χ1) is 16.8. The van der Waals surface area contributed by atoms with Gasteiger partial charge in [-0.15, -0.1) is 0 Å². The first-order valence-electron chi connectivity index (χ1n) is 12.2. The van der Waals surface area contributed by atoms with Gasteiger partial charge in [-0.2, -0.15) is 0 Å². The van der Waals surface area contributed by atoms with Gasteiger partial charge in [0.15, 0.2) is 0 Å². The van der Waals surface area contributed by atoms with Crippen molar-refractivity contribution in [3.8, 4) is 0 Å². The summed E-state index contributed by atoms with van der Waals surface area (Å²) in [6.45, 7) is 9.38. The number of nitro groups is 1. The maximum Gasteiger partial charge on any atom is 0.292 e. The SMILES string of the molecule is CNc1cc(N2CCC(CO[Si](c3ccccc3)(c3ccccc3)C(C)(C)C)C2)ccc1[N+](=O)[O-]. The molecule has 1 fully saturated rings. The van der Waals surface area contributed by atoms with Crippen LogP contribution in [0.1, 0.15) is 27.2 Å². The van der Waals surface area contributed by atoms with Crippen LogP contribution >= 0.6 is 0 Å². The Morgan fingerprint density at radius 3 is 2.14 bits per heavy atom. The maximum absolute atomic E-state index is 11.3. The highest BCUT2D eigenvalue weighted by atomic mass is 28.4. The van der Waals surface area contributed by atoms with Crippen LogP contribution in [-0.4, -0.2) is 40.0 Å². The van der Waals surface area contributed by atoms with Gasteiger partial charge in [-0.25, -0.2) is 0 Å². The summed E-state index contributed by atoms with van der Waals surface area (Å²) in [7, 11) is -0.838. The molecule has 7 heteroatoms. The molecule has 184 valence electrons. The predicted octanol–water partition coefficient (Wildman–Crippen LogP) is 5.04. The molecule has 0 saturated carbocycles. The zero-order valence-electron chi connectivity index (χ0n) is 21.0. The minimum Gasteiger partial charge on any atom is -0.407 e. The fraction of sp³-hybridized carbons (Fsp3) is 0.357. The molecule has 1 unspecified atom stereocenters. The van der Waals surface area contributed by atoms with Crippen molar-refractivity contribution in [3.63, 3.8) is 0 Å². The van der Waals surface area contributed by atoms with Crippen LogP contribution in [0.3, 0.4) is 0 Å². The number of anilines is 2. The number of nitro benzene ring substituents is 1. The summed E-state index contributed by atoms with van der Waals surface area (Å²) in [5, 5.41) is 16.8. The molecule has 3 aromatic carbocycles. The van der Waals surface area contributed by atoms with Gasteiger partial charge in [-0.1, -0.05) is 81.4 Å². The third-order valence-electron chi connectivity index (χ3n) is 7.05. The van der Waals surface area contributed by atoms with E-state index in [4.69, 9.17) is 4.43 Å². The third kappa shape index (κ3) is 4.97. The van der Waals surface area contributed by atoms with E-state index in [1.165, 1.54) is 10.4 Å². The van der Waals surface area contributed by atoms with E-state index in [2.05, 4.69) is 91.7 Å². The van der Waals surface area contributed by atoms with Crippen LogP contribution in [0.5, 0.6) is 0 Å². The van der Waals surface area contributed by atoms with Gasteiger partial charge < -0.3 is 14.6 Å². The summed E-state index contributed by atoms with van der Waals surface area (Å²) in [6, 6.07) is 26.8. The molecule has 6 nitrogen and oxygen atoms in total. The fourth-order valence-electron chi connectivity index (χ4n) is 5.29. The molecular weight excluding hydrogens is 454 g/mol. The molecule has 0 bridgehead atoms. The van der Waals surface area contributed by atoms with Crippen molar-refractivity contribution in [2.75, 3.05) is 37.0 Å². The Morgan fingerprint density at radius 1 is 1.03 bits per heavy atom. The van der Waals surface area contributed by atoms with Crippen LogP contribution in [0.25, 0.3) is 0 Å². The van der Waals surface area contributed by atoms with Crippen molar-refractivity contribution < 1.29 is 9.35 Å². The number of hydrogen-bond donors (Lipinski definition) is 1. The molecule has 1 aliphatic rings. The first kappa shape index (κ1) is 24.9. The lowest BCUT2D eigenvalue weighted by Gasteiger charge is -2.43. The van der Waals surface area contributed by atoms with Crippen LogP contribution in [0.2, 0.25) is 5.04 Å². The van der Waals surface area contributed by atoms with Crippen molar-refractivity contribution >= 4 is 35.8 Å². The van der Waals surface area contributed by atoms with E-state index in [0.717, 1.165) is 25.2 Å². The molecule has 1 atom stereocenters. The van der Waals surface area contributed by atoms with Crippen LogP contribution < -0.4 is 20.6 Å². The number of benzene rings is 3. The Morgan fingerprint density at radius 2 is 1.63 bits per heavy atom. The monoisotopic (exact) mass is 489 g/mol.